The molecule has 2 fully saturated rings. The zero-order chi connectivity index (χ0) is 57.8. The van der Waals surface area contributed by atoms with Crippen molar-refractivity contribution < 1.29 is 60.5 Å². The van der Waals surface area contributed by atoms with Crippen LogP contribution in [-0.2, 0) is 50.6 Å². The van der Waals surface area contributed by atoms with Crippen molar-refractivity contribution in [2.45, 2.75) is 263 Å². The normalized spacial score (nSPS) is 27.8. The summed E-state index contributed by atoms with van der Waals surface area (Å²) >= 11 is 36.7. The summed E-state index contributed by atoms with van der Waals surface area (Å²) in [6, 6.07) is -1.28. The van der Waals surface area contributed by atoms with E-state index >= 15 is 0 Å². The Morgan fingerprint density at radius 3 is 1.32 bits per heavy atom. The molecule has 3 aliphatic heterocycles. The van der Waals surface area contributed by atoms with Gasteiger partial charge in [-0.25, -0.2) is 4.79 Å². The van der Waals surface area contributed by atoms with Crippen LogP contribution in [0, 0.1) is 0 Å². The Bertz CT molecular complexity index is 1910. The number of aliphatic hydroxyl groups is 1. The summed E-state index contributed by atoms with van der Waals surface area (Å²) in [6.07, 6.45) is -11.7. The Morgan fingerprint density at radius 2 is 0.932 bits per heavy atom. The fraction of sp³-hybridized carbons (Fsp3) is 0.958. The number of carbonyl (C=O) groups excluding carboxylic acids is 1. The SMILES string of the molecule is CC(C)(C)[Si](C)(C)OC[C@H]1O[C@@H](O[C@H]2[C@H](O[Si](C)(C)C(C)(C)C)[C@@H]3[C@@H](OC(OCC(Cl)(Cl)Cl)=NN3C(=O)OCC(Cl)(Cl)Cl)O[C@@H]2CO[Si](C)(C)C(C)(C)C)[C@H](O[Si](C)(C)C(C)(C)C)[C@@H](O)[C@H]1O[Si](C)(C)C(C)(C)C. The lowest BCUT2D eigenvalue weighted by Gasteiger charge is -2.55. The van der Waals surface area contributed by atoms with Gasteiger partial charge in [0.1, 0.15) is 62.0 Å². The van der Waals surface area contributed by atoms with Crippen molar-refractivity contribution in [3.8, 4) is 0 Å². The molecule has 1 N–H and O–H groups in total. The zero-order valence-electron chi connectivity index (χ0n) is 49.1. The van der Waals surface area contributed by atoms with Crippen molar-refractivity contribution in [1.29, 1.82) is 0 Å². The number of aliphatic hydroxyl groups excluding tert-OH is 1. The number of rotatable bonds is 16. The molecule has 10 atom stereocenters. The number of nitrogens with zero attached hydrogens (tertiary/aromatic N) is 2. The standard InChI is InChI=1S/C48H94Cl6N2O13Si5/c1-42(2,3)70(16,17)61-26-30-34(67-72(20,21)44(7,8)9)33(57)37(69-74(24,25)46(13,14)15)39(64-30)65-35-31(27-62-71(18,19)43(4,5)6)63-38-32(36(35)68-73(22,23)45(10,11)12)56(41(58)60-29-48(52,53)54)55-40(66-38)59-28-47(49,50)51/h30-39,57H,26-29H2,1-25H3/t30-,31-,32-,33+,34+,35-,36-,37-,38-,39+/m1/s1. The highest BCUT2D eigenvalue weighted by molar-refractivity contribution is 6.76. The first-order valence-electron chi connectivity index (χ1n) is 25.6. The van der Waals surface area contributed by atoms with Crippen molar-refractivity contribution in [2.24, 2.45) is 5.10 Å². The average molecular weight is 1260 g/mol. The van der Waals surface area contributed by atoms with Gasteiger partial charge in [-0.15, -0.1) is 0 Å². The number of hydrogen-bond donors (Lipinski definition) is 1. The summed E-state index contributed by atoms with van der Waals surface area (Å²) < 4.78 is 71.5. The fourth-order valence-electron chi connectivity index (χ4n) is 6.66. The van der Waals surface area contributed by atoms with Crippen LogP contribution in [0.5, 0.6) is 0 Å². The van der Waals surface area contributed by atoms with Crippen LogP contribution in [0.25, 0.3) is 0 Å². The highest BCUT2D eigenvalue weighted by Crippen LogP contribution is 2.47. The summed E-state index contributed by atoms with van der Waals surface area (Å²) in [5.41, 5.74) is 0. The molecule has 0 aromatic heterocycles. The van der Waals surface area contributed by atoms with Gasteiger partial charge in [-0.3, -0.25) is 0 Å². The lowest BCUT2D eigenvalue weighted by atomic mass is 9.95. The molecule has 3 aliphatic rings. The molecule has 2 saturated heterocycles. The third kappa shape index (κ3) is 18.0. The maximum absolute atomic E-state index is 14.5. The van der Waals surface area contributed by atoms with Crippen LogP contribution in [0.1, 0.15) is 104 Å². The largest absolute Gasteiger partial charge is 0.445 e. The Morgan fingerprint density at radius 1 is 0.554 bits per heavy atom. The van der Waals surface area contributed by atoms with Gasteiger partial charge in [0.15, 0.2) is 47.9 Å². The smallest absolute Gasteiger partial charge is 0.431 e. The number of fused-ring (bicyclic) bond motifs is 1. The van der Waals surface area contributed by atoms with E-state index in [1.807, 2.05) is 0 Å². The summed E-state index contributed by atoms with van der Waals surface area (Å²) in [7, 11) is -13.3. The molecular weight excluding hydrogens is 1170 g/mol. The monoisotopic (exact) mass is 1260 g/mol. The molecule has 0 aromatic carbocycles. The minimum absolute atomic E-state index is 0.0254. The van der Waals surface area contributed by atoms with Crippen LogP contribution in [0.15, 0.2) is 5.10 Å². The summed E-state index contributed by atoms with van der Waals surface area (Å²) in [5, 5.41) is 17.3. The number of alkyl halides is 6. The molecule has 26 heteroatoms. The number of hydrogen-bond acceptors (Lipinski definition) is 14. The number of carbonyl (C=O) groups is 1. The van der Waals surface area contributed by atoms with Gasteiger partial charge < -0.3 is 55.7 Å². The minimum atomic E-state index is -2.92. The van der Waals surface area contributed by atoms with Gasteiger partial charge in [0.05, 0.1) is 13.2 Å². The molecule has 0 bridgehead atoms. The van der Waals surface area contributed by atoms with E-state index in [1.165, 1.54) is 0 Å². The molecule has 0 saturated carbocycles. The predicted molar refractivity (Wildman–Crippen MR) is 313 cm³/mol. The molecular formula is C48H94Cl6N2O13Si5. The van der Waals surface area contributed by atoms with Crippen molar-refractivity contribution >= 4 is 123 Å². The lowest BCUT2D eigenvalue weighted by molar-refractivity contribution is -0.345. The molecule has 0 spiro atoms. The van der Waals surface area contributed by atoms with E-state index < -0.39 is 141 Å². The second-order valence-electron chi connectivity index (χ2n) is 27.7. The highest BCUT2D eigenvalue weighted by atomic mass is 35.6. The van der Waals surface area contributed by atoms with E-state index in [2.05, 4.69) is 174 Å². The third-order valence-electron chi connectivity index (χ3n) is 16.7. The summed E-state index contributed by atoms with van der Waals surface area (Å²) in [5.74, 6) is 0. The molecule has 0 aliphatic carbocycles. The first-order chi connectivity index (χ1) is 32.7. The van der Waals surface area contributed by atoms with Crippen molar-refractivity contribution in [2.75, 3.05) is 26.4 Å². The van der Waals surface area contributed by atoms with Gasteiger partial charge in [0.2, 0.25) is 13.9 Å². The topological polar surface area (TPSA) is 154 Å². The Balaban J connectivity index is 2.49. The second kappa shape index (κ2) is 24.1. The van der Waals surface area contributed by atoms with E-state index in [0.29, 0.717) is 0 Å². The maximum Gasteiger partial charge on any atom is 0.431 e. The van der Waals surface area contributed by atoms with E-state index in [-0.39, 0.29) is 33.4 Å². The van der Waals surface area contributed by atoms with Crippen LogP contribution >= 0.6 is 69.6 Å². The van der Waals surface area contributed by atoms with Crippen LogP contribution in [-0.4, -0.2) is 159 Å². The molecule has 436 valence electrons. The first-order valence-corrected chi connectivity index (χ1v) is 42.4. The Hall–Kier alpha value is 1.00. The van der Waals surface area contributed by atoms with Gasteiger partial charge in [-0.2, -0.15) is 5.01 Å². The van der Waals surface area contributed by atoms with Crippen LogP contribution in [0.4, 0.5) is 4.79 Å². The molecule has 0 unspecified atom stereocenters. The number of hydrazone groups is 1. The Labute approximate surface area is 480 Å². The minimum Gasteiger partial charge on any atom is -0.445 e. The van der Waals surface area contributed by atoms with Crippen LogP contribution in [0.2, 0.25) is 90.7 Å². The van der Waals surface area contributed by atoms with Crippen LogP contribution < -0.4 is 0 Å². The molecule has 15 nitrogen and oxygen atoms in total. The van der Waals surface area contributed by atoms with E-state index in [4.69, 9.17) is 120 Å². The third-order valence-corrected chi connectivity index (χ3v) is 39.7. The quantitative estimate of drug-likeness (QED) is 0.115. The number of amides is 1. The second-order valence-corrected chi connectivity index (χ2v) is 56.7. The van der Waals surface area contributed by atoms with Crippen molar-refractivity contribution in [3.63, 3.8) is 0 Å². The molecule has 3 heterocycles. The molecule has 0 radical (unpaired) electrons. The molecule has 74 heavy (non-hydrogen) atoms. The molecule has 0 aromatic rings. The van der Waals surface area contributed by atoms with Gasteiger partial charge in [-0.05, 0) is 90.7 Å². The van der Waals surface area contributed by atoms with Gasteiger partial charge in [-0.1, -0.05) is 179 Å². The van der Waals surface area contributed by atoms with Crippen LogP contribution in [0.3, 0.4) is 0 Å². The first kappa shape index (κ1) is 69.3. The van der Waals surface area contributed by atoms with E-state index in [9.17, 15) is 9.90 Å². The van der Waals surface area contributed by atoms with E-state index in [1.54, 1.807) is 0 Å². The fourth-order valence-corrected chi connectivity index (χ4v) is 12.9. The maximum atomic E-state index is 14.5. The summed E-state index contributed by atoms with van der Waals surface area (Å²) in [6.45, 7) is 52.2. The zero-order valence-corrected chi connectivity index (χ0v) is 58.6. The number of ether oxygens (including phenoxy) is 6. The van der Waals surface area contributed by atoms with E-state index in [0.717, 1.165) is 5.01 Å². The van der Waals surface area contributed by atoms with Crippen molar-refractivity contribution in [3.05, 3.63) is 0 Å². The Kier molecular flexibility index (Phi) is 22.5. The number of halogens is 6. The van der Waals surface area contributed by atoms with Gasteiger partial charge >= 0.3 is 12.2 Å². The van der Waals surface area contributed by atoms with Gasteiger partial charge in [0, 0.05) is 0 Å². The summed E-state index contributed by atoms with van der Waals surface area (Å²) in [4.78, 5) is 14.5. The molecule has 3 rings (SSSR count). The van der Waals surface area contributed by atoms with Crippen molar-refractivity contribution in [1.82, 2.24) is 5.01 Å². The lowest BCUT2D eigenvalue weighted by Crippen LogP contribution is -2.72. The predicted octanol–water partition coefficient (Wildman–Crippen LogP) is 14.3. The highest BCUT2D eigenvalue weighted by Gasteiger charge is 2.61. The average Bonchev–Trinajstić information content (AvgIpc) is 3.17. The molecule has 1 amide bonds. The van der Waals surface area contributed by atoms with Gasteiger partial charge in [0.25, 0.3) is 0 Å².